The lowest BCUT2D eigenvalue weighted by Crippen LogP contribution is -1.84. The van der Waals surface area contributed by atoms with Gasteiger partial charge in [-0.1, -0.05) is 36.9 Å². The summed E-state index contributed by atoms with van der Waals surface area (Å²) in [4.78, 5) is 0. The van der Waals surface area contributed by atoms with E-state index in [0.29, 0.717) is 0 Å². The predicted octanol–water partition coefficient (Wildman–Crippen LogP) is 3.68. The zero-order chi connectivity index (χ0) is 10.8. The zero-order valence-corrected chi connectivity index (χ0v) is 9.42. The molecule has 0 saturated heterocycles. The smallest absolute Gasteiger partial charge is 0.0437 e. The molecule has 78 valence electrons. The van der Waals surface area contributed by atoms with Crippen LogP contribution >= 0.6 is 0 Å². The molecule has 0 heterocycles. The highest BCUT2D eigenvalue weighted by Crippen LogP contribution is 2.06. The van der Waals surface area contributed by atoms with E-state index in [1.54, 1.807) is 0 Å². The van der Waals surface area contributed by atoms with Crippen molar-refractivity contribution < 1.29 is 4.74 Å². The fourth-order valence-corrected chi connectivity index (χ4v) is 1.02. The van der Waals surface area contributed by atoms with Gasteiger partial charge in [0.15, 0.2) is 0 Å². The Bertz CT molecular complexity index is 251. The Kier molecular flexibility index (Phi) is 7.86. The minimum absolute atomic E-state index is 0.844. The first kappa shape index (κ1) is 12.9. The minimum atomic E-state index is 0.844. The fraction of sp³-hybridized carbons (Fsp3) is 0.385. The Labute approximate surface area is 87.4 Å². The van der Waals surface area contributed by atoms with Gasteiger partial charge in [-0.25, -0.2) is 0 Å². The highest BCUT2D eigenvalue weighted by molar-refractivity contribution is 5.50. The minimum Gasteiger partial charge on any atom is -0.382 e. The van der Waals surface area contributed by atoms with Crippen molar-refractivity contribution in [2.75, 3.05) is 13.2 Å². The van der Waals surface area contributed by atoms with Crippen molar-refractivity contribution >= 4 is 6.08 Å². The molecule has 0 aromatic heterocycles. The van der Waals surface area contributed by atoms with Crippen LogP contribution in [-0.4, -0.2) is 13.2 Å². The van der Waals surface area contributed by atoms with E-state index >= 15 is 0 Å². The fourth-order valence-electron chi connectivity index (χ4n) is 1.02. The van der Waals surface area contributed by atoms with E-state index in [0.717, 1.165) is 13.2 Å². The van der Waals surface area contributed by atoms with Gasteiger partial charge < -0.3 is 4.74 Å². The second-order valence-electron chi connectivity index (χ2n) is 2.84. The summed E-state index contributed by atoms with van der Waals surface area (Å²) in [6, 6.07) is 8.19. The van der Waals surface area contributed by atoms with Crippen LogP contribution in [0, 0.1) is 6.92 Å². The summed E-state index contributed by atoms with van der Waals surface area (Å²) in [5.74, 6) is 0. The van der Waals surface area contributed by atoms with Crippen molar-refractivity contribution in [3.8, 4) is 0 Å². The summed E-state index contributed by atoms with van der Waals surface area (Å²) in [7, 11) is 0. The van der Waals surface area contributed by atoms with Crippen molar-refractivity contribution in [2.24, 2.45) is 0 Å². The monoisotopic (exact) mass is 192 g/mol. The third-order valence-corrected chi connectivity index (χ3v) is 1.82. The topological polar surface area (TPSA) is 9.23 Å². The summed E-state index contributed by atoms with van der Waals surface area (Å²) in [5.41, 5.74) is 2.50. The van der Waals surface area contributed by atoms with Crippen LogP contribution in [0.2, 0.25) is 0 Å². The summed E-state index contributed by atoms with van der Waals surface area (Å²) in [6.45, 7) is 11.4. The van der Waals surface area contributed by atoms with E-state index in [9.17, 15) is 0 Å². The van der Waals surface area contributed by atoms with E-state index in [4.69, 9.17) is 4.74 Å². The van der Waals surface area contributed by atoms with Gasteiger partial charge in [0.2, 0.25) is 0 Å². The maximum atomic E-state index is 4.83. The van der Waals surface area contributed by atoms with Crippen LogP contribution in [0.4, 0.5) is 0 Å². The molecule has 14 heavy (non-hydrogen) atoms. The maximum Gasteiger partial charge on any atom is 0.0437 e. The number of hydrogen-bond acceptors (Lipinski definition) is 1. The standard InChI is InChI=1S/C9H10.C4H10O/c1-3-9-7-5-4-6-8(9)2;1-3-5-4-2/h3-7H,1H2,2H3;3-4H2,1-2H3. The summed E-state index contributed by atoms with van der Waals surface area (Å²) in [6.07, 6.45) is 1.87. The van der Waals surface area contributed by atoms with Crippen LogP contribution in [-0.2, 0) is 4.74 Å². The molecule has 0 radical (unpaired) electrons. The Morgan fingerprint density at radius 2 is 1.79 bits per heavy atom. The highest BCUT2D eigenvalue weighted by Gasteiger charge is 1.86. The van der Waals surface area contributed by atoms with Crippen LogP contribution in [0.3, 0.4) is 0 Å². The molecule has 0 fully saturated rings. The molecule has 0 aliphatic carbocycles. The van der Waals surface area contributed by atoms with Crippen molar-refractivity contribution in [3.05, 3.63) is 42.0 Å². The average molecular weight is 192 g/mol. The molecule has 0 amide bonds. The quantitative estimate of drug-likeness (QED) is 0.710. The van der Waals surface area contributed by atoms with Crippen molar-refractivity contribution in [1.82, 2.24) is 0 Å². The molecule has 0 unspecified atom stereocenters. The van der Waals surface area contributed by atoms with Crippen LogP contribution < -0.4 is 0 Å². The Morgan fingerprint density at radius 3 is 2.07 bits per heavy atom. The van der Waals surface area contributed by atoms with Crippen LogP contribution in [0.1, 0.15) is 25.0 Å². The van der Waals surface area contributed by atoms with Crippen LogP contribution in [0.15, 0.2) is 30.8 Å². The van der Waals surface area contributed by atoms with Gasteiger partial charge in [-0.3, -0.25) is 0 Å². The molecule has 1 nitrogen and oxygen atoms in total. The molecule has 1 heteroatoms. The van der Waals surface area contributed by atoms with Gasteiger partial charge in [0, 0.05) is 13.2 Å². The van der Waals surface area contributed by atoms with Crippen molar-refractivity contribution in [2.45, 2.75) is 20.8 Å². The normalized spacial score (nSPS) is 8.79. The molecule has 1 aromatic rings. The Hall–Kier alpha value is -1.08. The van der Waals surface area contributed by atoms with Gasteiger partial charge in [-0.2, -0.15) is 0 Å². The van der Waals surface area contributed by atoms with E-state index in [1.807, 2.05) is 32.1 Å². The SMILES string of the molecule is C=Cc1ccccc1C.CCOCC. The molecule has 1 rings (SSSR count). The summed E-state index contributed by atoms with van der Waals surface area (Å²) >= 11 is 0. The first-order valence-electron chi connectivity index (χ1n) is 5.02. The lowest BCUT2D eigenvalue weighted by Gasteiger charge is -1.95. The number of hydrogen-bond donors (Lipinski definition) is 0. The molecule has 1 aromatic carbocycles. The lowest BCUT2D eigenvalue weighted by atomic mass is 10.1. The number of benzene rings is 1. The zero-order valence-electron chi connectivity index (χ0n) is 9.42. The number of ether oxygens (including phenoxy) is 1. The average Bonchev–Trinajstić information content (AvgIpc) is 2.21. The van der Waals surface area contributed by atoms with Gasteiger partial charge in [-0.05, 0) is 31.9 Å². The van der Waals surface area contributed by atoms with Gasteiger partial charge >= 0.3 is 0 Å². The second kappa shape index (κ2) is 8.52. The Morgan fingerprint density at radius 1 is 1.21 bits per heavy atom. The summed E-state index contributed by atoms with van der Waals surface area (Å²) < 4.78 is 4.83. The molecule has 0 spiro atoms. The number of aryl methyl sites for hydroxylation is 1. The van der Waals surface area contributed by atoms with E-state index in [2.05, 4.69) is 25.6 Å². The lowest BCUT2D eigenvalue weighted by molar-refractivity contribution is 0.162. The highest BCUT2D eigenvalue weighted by atomic mass is 16.5. The van der Waals surface area contributed by atoms with Gasteiger partial charge in [0.05, 0.1) is 0 Å². The Balaban J connectivity index is 0.000000292. The van der Waals surface area contributed by atoms with E-state index < -0.39 is 0 Å². The predicted molar refractivity (Wildman–Crippen MR) is 63.4 cm³/mol. The van der Waals surface area contributed by atoms with Crippen molar-refractivity contribution in [3.63, 3.8) is 0 Å². The summed E-state index contributed by atoms with van der Waals surface area (Å²) in [5, 5.41) is 0. The van der Waals surface area contributed by atoms with Gasteiger partial charge in [-0.15, -0.1) is 0 Å². The molecule has 0 atom stereocenters. The van der Waals surface area contributed by atoms with Gasteiger partial charge in [0.25, 0.3) is 0 Å². The largest absolute Gasteiger partial charge is 0.382 e. The van der Waals surface area contributed by atoms with Gasteiger partial charge in [0.1, 0.15) is 0 Å². The molecule has 0 bridgehead atoms. The first-order chi connectivity index (χ1) is 6.76. The third kappa shape index (κ3) is 5.55. The molecular weight excluding hydrogens is 172 g/mol. The third-order valence-electron chi connectivity index (χ3n) is 1.82. The molecule has 0 aliphatic rings. The van der Waals surface area contributed by atoms with Crippen molar-refractivity contribution in [1.29, 1.82) is 0 Å². The molecule has 0 N–H and O–H groups in total. The van der Waals surface area contributed by atoms with E-state index in [1.165, 1.54) is 11.1 Å². The maximum absolute atomic E-state index is 4.83. The van der Waals surface area contributed by atoms with E-state index in [-0.39, 0.29) is 0 Å². The number of rotatable bonds is 3. The molecule has 0 saturated carbocycles. The second-order valence-corrected chi connectivity index (χ2v) is 2.84. The molecular formula is C13H20O. The molecule has 0 aliphatic heterocycles. The van der Waals surface area contributed by atoms with Crippen LogP contribution in [0.25, 0.3) is 6.08 Å². The van der Waals surface area contributed by atoms with Crippen LogP contribution in [0.5, 0.6) is 0 Å². The first-order valence-corrected chi connectivity index (χ1v) is 5.02.